The number of nitrogens with two attached hydrogens (primary N) is 2. The van der Waals surface area contributed by atoms with Gasteiger partial charge in [-0.15, -0.1) is 0 Å². The van der Waals surface area contributed by atoms with Gasteiger partial charge >= 0.3 is 0 Å². The first-order chi connectivity index (χ1) is 8.57. The molecule has 0 bridgehead atoms. The molecule has 2 atom stereocenters. The van der Waals surface area contributed by atoms with Crippen LogP contribution in [0.15, 0.2) is 0 Å². The van der Waals surface area contributed by atoms with Crippen LogP contribution in [0.4, 0.5) is 0 Å². The molecule has 0 aromatic heterocycles. The van der Waals surface area contributed by atoms with Crippen molar-refractivity contribution in [1.82, 2.24) is 10.2 Å². The molecule has 1 saturated heterocycles. The lowest BCUT2D eigenvalue weighted by atomic mass is 9.80. The van der Waals surface area contributed by atoms with Crippen LogP contribution in [-0.2, 0) is 0 Å². The van der Waals surface area contributed by atoms with Crippen molar-refractivity contribution in [3.8, 4) is 12.1 Å². The first kappa shape index (κ1) is 14.9. The Morgan fingerprint density at radius 2 is 1.89 bits per heavy atom. The van der Waals surface area contributed by atoms with Crippen LogP contribution in [0.5, 0.6) is 0 Å². The summed E-state index contributed by atoms with van der Waals surface area (Å²) in [4.78, 5) is 2.18. The lowest BCUT2D eigenvalue weighted by molar-refractivity contribution is 0.110. The van der Waals surface area contributed by atoms with Gasteiger partial charge in [0.25, 0.3) is 0 Å². The van der Waals surface area contributed by atoms with Gasteiger partial charge in [-0.05, 0) is 13.3 Å². The van der Waals surface area contributed by atoms with Crippen molar-refractivity contribution in [2.45, 2.75) is 25.4 Å². The monoisotopic (exact) mass is 250 g/mol. The SMILES string of the molecule is CC(C#N)(C#N)C(CC(N)CN)N1CCNCC1. The zero-order valence-electron chi connectivity index (χ0n) is 10.9. The van der Waals surface area contributed by atoms with E-state index in [0.717, 1.165) is 26.2 Å². The minimum absolute atomic E-state index is 0.159. The summed E-state index contributed by atoms with van der Waals surface area (Å²) in [6.45, 7) is 5.48. The molecule has 6 nitrogen and oxygen atoms in total. The largest absolute Gasteiger partial charge is 0.329 e. The molecule has 100 valence electrons. The number of hydrogen-bond acceptors (Lipinski definition) is 6. The van der Waals surface area contributed by atoms with Crippen LogP contribution < -0.4 is 16.8 Å². The first-order valence-electron chi connectivity index (χ1n) is 6.30. The van der Waals surface area contributed by atoms with Crippen LogP contribution in [0.25, 0.3) is 0 Å². The lowest BCUT2D eigenvalue weighted by Crippen LogP contribution is -2.55. The molecule has 0 aromatic rings. The third-order valence-electron chi connectivity index (χ3n) is 3.55. The molecule has 5 N–H and O–H groups in total. The summed E-state index contributed by atoms with van der Waals surface area (Å²) in [6.07, 6.45) is 0.578. The number of nitriles is 2. The van der Waals surface area contributed by atoms with Crippen molar-refractivity contribution >= 4 is 0 Å². The molecule has 0 aliphatic carbocycles. The molecule has 0 aromatic carbocycles. The first-order valence-corrected chi connectivity index (χ1v) is 6.30. The molecule has 0 saturated carbocycles. The second kappa shape index (κ2) is 6.67. The smallest absolute Gasteiger partial charge is 0.156 e. The second-order valence-electron chi connectivity index (χ2n) is 4.96. The van der Waals surface area contributed by atoms with Gasteiger partial charge in [0.05, 0.1) is 12.1 Å². The van der Waals surface area contributed by atoms with Crippen LogP contribution in [0.1, 0.15) is 13.3 Å². The van der Waals surface area contributed by atoms with Gasteiger partial charge in [0.15, 0.2) is 5.41 Å². The average Bonchev–Trinajstić information content (AvgIpc) is 2.44. The molecule has 0 spiro atoms. The van der Waals surface area contributed by atoms with E-state index in [9.17, 15) is 10.5 Å². The average molecular weight is 250 g/mol. The lowest BCUT2D eigenvalue weighted by Gasteiger charge is -2.40. The highest BCUT2D eigenvalue weighted by atomic mass is 15.2. The number of nitrogens with one attached hydrogen (secondary N) is 1. The Hall–Kier alpha value is -1.18. The van der Waals surface area contributed by atoms with Gasteiger partial charge in [-0.25, -0.2) is 0 Å². The fraction of sp³-hybridized carbons (Fsp3) is 0.833. The van der Waals surface area contributed by atoms with E-state index in [2.05, 4.69) is 22.4 Å². The van der Waals surface area contributed by atoms with Crippen molar-refractivity contribution in [2.24, 2.45) is 16.9 Å². The molecule has 0 radical (unpaired) electrons. The van der Waals surface area contributed by atoms with E-state index in [1.807, 2.05) is 0 Å². The minimum atomic E-state index is -1.04. The van der Waals surface area contributed by atoms with E-state index < -0.39 is 5.41 Å². The summed E-state index contributed by atoms with van der Waals surface area (Å²) in [5, 5.41) is 21.8. The quantitative estimate of drug-likeness (QED) is 0.576. The number of rotatable bonds is 5. The van der Waals surface area contributed by atoms with E-state index in [1.54, 1.807) is 6.92 Å². The highest BCUT2D eigenvalue weighted by molar-refractivity contribution is 5.17. The van der Waals surface area contributed by atoms with Gasteiger partial charge in [-0.2, -0.15) is 10.5 Å². The molecule has 1 aliphatic rings. The van der Waals surface area contributed by atoms with Gasteiger partial charge in [-0.1, -0.05) is 0 Å². The molecule has 18 heavy (non-hydrogen) atoms. The van der Waals surface area contributed by atoms with Gasteiger partial charge < -0.3 is 16.8 Å². The van der Waals surface area contributed by atoms with Gasteiger partial charge in [0.2, 0.25) is 0 Å². The third kappa shape index (κ3) is 3.41. The molecular formula is C12H22N6. The number of nitrogens with zero attached hydrogens (tertiary/aromatic N) is 3. The molecule has 0 amide bonds. The topological polar surface area (TPSA) is 115 Å². The number of piperazine rings is 1. The molecule has 1 aliphatic heterocycles. The zero-order chi connectivity index (χ0) is 13.6. The van der Waals surface area contributed by atoms with E-state index in [1.165, 1.54) is 0 Å². The fourth-order valence-corrected chi connectivity index (χ4v) is 2.30. The molecule has 6 heteroatoms. The Balaban J connectivity index is 2.87. The van der Waals surface area contributed by atoms with Crippen molar-refractivity contribution in [1.29, 1.82) is 10.5 Å². The Bertz CT molecular complexity index is 321. The summed E-state index contributed by atoms with van der Waals surface area (Å²) >= 11 is 0. The van der Waals surface area contributed by atoms with Crippen molar-refractivity contribution in [3.63, 3.8) is 0 Å². The highest BCUT2D eigenvalue weighted by Crippen LogP contribution is 2.28. The van der Waals surface area contributed by atoms with Crippen molar-refractivity contribution in [3.05, 3.63) is 0 Å². The van der Waals surface area contributed by atoms with Crippen molar-refractivity contribution in [2.75, 3.05) is 32.7 Å². The third-order valence-corrected chi connectivity index (χ3v) is 3.55. The van der Waals surface area contributed by atoms with Crippen molar-refractivity contribution < 1.29 is 0 Å². The second-order valence-corrected chi connectivity index (χ2v) is 4.96. The Morgan fingerprint density at radius 3 is 2.33 bits per heavy atom. The highest BCUT2D eigenvalue weighted by Gasteiger charge is 2.39. The van der Waals surface area contributed by atoms with Crippen LogP contribution in [0.2, 0.25) is 0 Å². The maximum atomic E-state index is 9.29. The fourth-order valence-electron chi connectivity index (χ4n) is 2.30. The minimum Gasteiger partial charge on any atom is -0.329 e. The molecule has 1 heterocycles. The van der Waals surface area contributed by atoms with Crippen LogP contribution in [-0.4, -0.2) is 49.7 Å². The Kier molecular flexibility index (Phi) is 5.52. The summed E-state index contributed by atoms with van der Waals surface area (Å²) in [7, 11) is 0. The van der Waals surface area contributed by atoms with E-state index in [4.69, 9.17) is 11.5 Å². The maximum absolute atomic E-state index is 9.29. The molecule has 2 unspecified atom stereocenters. The van der Waals surface area contributed by atoms with Crippen LogP contribution in [0.3, 0.4) is 0 Å². The standard InChI is InChI=1S/C12H22N6/c1-12(8-14,9-15)11(6-10(16)7-13)18-4-2-17-3-5-18/h10-11,17H,2-7,13,16H2,1H3. The number of hydrogen-bond donors (Lipinski definition) is 3. The Labute approximate surface area is 109 Å². The molecular weight excluding hydrogens is 228 g/mol. The summed E-state index contributed by atoms with van der Waals surface area (Å²) in [6, 6.07) is 3.94. The van der Waals surface area contributed by atoms with Crippen LogP contribution >= 0.6 is 0 Å². The van der Waals surface area contributed by atoms with E-state index in [0.29, 0.717) is 13.0 Å². The van der Waals surface area contributed by atoms with Gasteiger partial charge in [0, 0.05) is 44.8 Å². The van der Waals surface area contributed by atoms with E-state index >= 15 is 0 Å². The zero-order valence-corrected chi connectivity index (χ0v) is 10.9. The Morgan fingerprint density at radius 1 is 1.33 bits per heavy atom. The van der Waals surface area contributed by atoms with Crippen LogP contribution in [0, 0.1) is 28.1 Å². The maximum Gasteiger partial charge on any atom is 0.156 e. The summed E-state index contributed by atoms with van der Waals surface area (Å²) in [5.41, 5.74) is 10.4. The normalized spacial score (nSPS) is 20.7. The van der Waals surface area contributed by atoms with Gasteiger partial charge in [0.1, 0.15) is 0 Å². The molecule has 1 rings (SSSR count). The predicted molar refractivity (Wildman–Crippen MR) is 69.2 cm³/mol. The summed E-state index contributed by atoms with van der Waals surface area (Å²) in [5.74, 6) is 0. The van der Waals surface area contributed by atoms with Gasteiger partial charge in [-0.3, -0.25) is 4.90 Å². The summed E-state index contributed by atoms with van der Waals surface area (Å²) < 4.78 is 0. The predicted octanol–water partition coefficient (Wildman–Crippen LogP) is -1.01. The van der Waals surface area contributed by atoms with E-state index in [-0.39, 0.29) is 12.1 Å². The molecule has 1 fully saturated rings.